The fraction of sp³-hybridized carbons (Fsp3) is 0.625. The molecular weight excluding hydrogens is 378 g/mol. The van der Waals surface area contributed by atoms with Crippen molar-refractivity contribution in [1.29, 1.82) is 0 Å². The molecule has 0 aromatic carbocycles. The molecule has 2 aromatic rings. The topological polar surface area (TPSA) is 69.7 Å². The summed E-state index contributed by atoms with van der Waals surface area (Å²) in [4.78, 5) is 13.2. The Morgan fingerprint density at radius 2 is 1.57 bits per heavy atom. The van der Waals surface area contributed by atoms with Crippen LogP contribution in [0.25, 0.3) is 11.4 Å². The highest BCUT2D eigenvalue weighted by molar-refractivity contribution is 5.53. The molecule has 0 aliphatic carbocycles. The minimum absolute atomic E-state index is 0.212. The first-order valence-electron chi connectivity index (χ1n) is 11.5. The monoisotopic (exact) mass is 413 g/mol. The minimum atomic E-state index is 0.212. The molecule has 3 rings (SSSR count). The lowest BCUT2D eigenvalue weighted by atomic mass is 10.1. The van der Waals surface area contributed by atoms with Crippen LogP contribution in [0.2, 0.25) is 0 Å². The summed E-state index contributed by atoms with van der Waals surface area (Å²) in [5.74, 6) is 1.94. The molecule has 0 spiro atoms. The van der Waals surface area contributed by atoms with E-state index in [2.05, 4.69) is 28.8 Å². The molecule has 0 N–H and O–H groups in total. The first kappa shape index (κ1) is 22.5. The molecule has 1 fully saturated rings. The number of nitrogens with zero attached hydrogens (tertiary/aromatic N) is 3. The summed E-state index contributed by atoms with van der Waals surface area (Å²) >= 11 is 0. The van der Waals surface area contributed by atoms with Gasteiger partial charge in [0.25, 0.3) is 0 Å². The van der Waals surface area contributed by atoms with Gasteiger partial charge in [0.05, 0.1) is 25.1 Å². The fourth-order valence-electron chi connectivity index (χ4n) is 3.36. The Labute approximate surface area is 180 Å². The van der Waals surface area contributed by atoms with Crippen molar-refractivity contribution in [2.24, 2.45) is 0 Å². The van der Waals surface area contributed by atoms with Crippen molar-refractivity contribution in [2.75, 3.05) is 13.2 Å². The van der Waals surface area contributed by atoms with E-state index in [0.29, 0.717) is 36.8 Å². The van der Waals surface area contributed by atoms with Crippen molar-refractivity contribution in [3.8, 4) is 23.0 Å². The number of unbranched alkanes of at least 4 members (excludes halogenated alkanes) is 6. The second-order valence-corrected chi connectivity index (χ2v) is 7.91. The number of hydrogen-bond donors (Lipinski definition) is 0. The van der Waals surface area contributed by atoms with Gasteiger partial charge in [0, 0.05) is 17.8 Å². The lowest BCUT2D eigenvalue weighted by Crippen LogP contribution is -2.08. The molecule has 0 amide bonds. The summed E-state index contributed by atoms with van der Waals surface area (Å²) in [7, 11) is 0. The molecule has 2 unspecified atom stereocenters. The third-order valence-electron chi connectivity index (χ3n) is 5.31. The number of aromatic nitrogens is 3. The smallest absolute Gasteiger partial charge is 0.213 e. The summed E-state index contributed by atoms with van der Waals surface area (Å²) in [6.07, 6.45) is 16.7. The lowest BCUT2D eigenvalue weighted by molar-refractivity contribution is 0.258. The van der Waals surface area contributed by atoms with Gasteiger partial charge in [0.15, 0.2) is 11.6 Å². The van der Waals surface area contributed by atoms with Crippen molar-refractivity contribution < 1.29 is 14.2 Å². The Hall–Kier alpha value is -2.21. The molecule has 30 heavy (non-hydrogen) atoms. The molecule has 164 valence electrons. The van der Waals surface area contributed by atoms with E-state index >= 15 is 0 Å². The number of hydrogen-bond acceptors (Lipinski definition) is 6. The van der Waals surface area contributed by atoms with Gasteiger partial charge in [-0.05, 0) is 18.9 Å². The molecule has 2 atom stereocenters. The van der Waals surface area contributed by atoms with E-state index in [1.165, 1.54) is 44.9 Å². The van der Waals surface area contributed by atoms with Gasteiger partial charge in [-0.25, -0.2) is 15.0 Å². The van der Waals surface area contributed by atoms with Crippen molar-refractivity contribution in [1.82, 2.24) is 15.0 Å². The van der Waals surface area contributed by atoms with Crippen LogP contribution in [0.1, 0.15) is 71.6 Å². The van der Waals surface area contributed by atoms with Crippen molar-refractivity contribution in [3.63, 3.8) is 0 Å². The average molecular weight is 414 g/mol. The Morgan fingerprint density at radius 1 is 0.800 bits per heavy atom. The minimum Gasteiger partial charge on any atom is -0.488 e. The highest BCUT2D eigenvalue weighted by atomic mass is 16.6. The number of rotatable bonds is 15. The Kier molecular flexibility index (Phi) is 9.35. The summed E-state index contributed by atoms with van der Waals surface area (Å²) in [6.45, 7) is 5.70. The lowest BCUT2D eigenvalue weighted by Gasteiger charge is -2.07. The van der Waals surface area contributed by atoms with E-state index in [1.54, 1.807) is 18.6 Å². The molecule has 0 bridgehead atoms. The van der Waals surface area contributed by atoms with Crippen molar-refractivity contribution in [2.45, 2.75) is 83.8 Å². The predicted octanol–water partition coefficient (Wildman–Crippen LogP) is 5.61. The van der Waals surface area contributed by atoms with Crippen LogP contribution in [0.4, 0.5) is 0 Å². The number of epoxide rings is 1. The van der Waals surface area contributed by atoms with Crippen molar-refractivity contribution in [3.05, 3.63) is 30.7 Å². The quantitative estimate of drug-likeness (QED) is 0.279. The Morgan fingerprint density at radius 3 is 2.30 bits per heavy atom. The molecular formula is C24H35N3O3. The first-order valence-corrected chi connectivity index (χ1v) is 11.5. The predicted molar refractivity (Wildman–Crippen MR) is 118 cm³/mol. The van der Waals surface area contributed by atoms with Gasteiger partial charge in [-0.15, -0.1) is 0 Å². The van der Waals surface area contributed by atoms with Gasteiger partial charge < -0.3 is 14.2 Å². The third-order valence-corrected chi connectivity index (χ3v) is 5.31. The van der Waals surface area contributed by atoms with Crippen LogP contribution in [0, 0.1) is 0 Å². The van der Waals surface area contributed by atoms with E-state index in [1.807, 2.05) is 12.1 Å². The molecule has 3 heterocycles. The number of pyridine rings is 1. The van der Waals surface area contributed by atoms with E-state index in [4.69, 9.17) is 14.2 Å². The second-order valence-electron chi connectivity index (χ2n) is 7.91. The molecule has 2 aromatic heterocycles. The maximum absolute atomic E-state index is 5.75. The zero-order valence-electron chi connectivity index (χ0n) is 18.4. The SMILES string of the molecule is CCCCCCCCOc1ccc(-c2ncc(OCC3OC3CCCC)cn2)cn1. The maximum atomic E-state index is 5.75. The van der Waals surface area contributed by atoms with Crippen LogP contribution in [-0.4, -0.2) is 40.4 Å². The van der Waals surface area contributed by atoms with Gasteiger partial charge >= 0.3 is 0 Å². The van der Waals surface area contributed by atoms with Crippen LogP contribution < -0.4 is 9.47 Å². The van der Waals surface area contributed by atoms with E-state index in [-0.39, 0.29) is 6.10 Å². The van der Waals surface area contributed by atoms with Gasteiger partial charge in [0.2, 0.25) is 5.88 Å². The van der Waals surface area contributed by atoms with Gasteiger partial charge in [-0.3, -0.25) is 0 Å². The molecule has 1 aliphatic rings. The van der Waals surface area contributed by atoms with Gasteiger partial charge in [0.1, 0.15) is 12.7 Å². The average Bonchev–Trinajstić information content (AvgIpc) is 3.55. The first-order chi connectivity index (χ1) is 14.8. The summed E-state index contributed by atoms with van der Waals surface area (Å²) < 4.78 is 17.1. The number of ether oxygens (including phenoxy) is 3. The molecule has 6 nitrogen and oxygen atoms in total. The second kappa shape index (κ2) is 12.5. The Balaban J connectivity index is 1.36. The van der Waals surface area contributed by atoms with Crippen LogP contribution in [0.15, 0.2) is 30.7 Å². The zero-order chi connectivity index (χ0) is 21.0. The fourth-order valence-corrected chi connectivity index (χ4v) is 3.36. The van der Waals surface area contributed by atoms with E-state index < -0.39 is 0 Å². The summed E-state index contributed by atoms with van der Waals surface area (Å²) in [5, 5.41) is 0. The van der Waals surface area contributed by atoms with Crippen molar-refractivity contribution >= 4 is 0 Å². The molecule has 0 radical (unpaired) electrons. The van der Waals surface area contributed by atoms with Crippen LogP contribution in [-0.2, 0) is 4.74 Å². The third kappa shape index (κ3) is 7.56. The molecule has 1 saturated heterocycles. The van der Waals surface area contributed by atoms with E-state index in [0.717, 1.165) is 18.4 Å². The summed E-state index contributed by atoms with van der Waals surface area (Å²) in [6, 6.07) is 3.82. The largest absolute Gasteiger partial charge is 0.488 e. The molecule has 1 aliphatic heterocycles. The molecule has 0 saturated carbocycles. The highest BCUT2D eigenvalue weighted by Crippen LogP contribution is 2.28. The maximum Gasteiger partial charge on any atom is 0.213 e. The Bertz CT molecular complexity index is 721. The van der Waals surface area contributed by atoms with E-state index in [9.17, 15) is 0 Å². The van der Waals surface area contributed by atoms with Crippen LogP contribution in [0.3, 0.4) is 0 Å². The summed E-state index contributed by atoms with van der Waals surface area (Å²) in [5.41, 5.74) is 0.860. The zero-order valence-corrected chi connectivity index (χ0v) is 18.4. The molecule has 6 heteroatoms. The normalized spacial score (nSPS) is 17.7. The van der Waals surface area contributed by atoms with Crippen LogP contribution in [0.5, 0.6) is 11.6 Å². The van der Waals surface area contributed by atoms with Crippen LogP contribution >= 0.6 is 0 Å². The highest BCUT2D eigenvalue weighted by Gasteiger charge is 2.38. The van der Waals surface area contributed by atoms with Gasteiger partial charge in [-0.1, -0.05) is 58.8 Å². The van der Waals surface area contributed by atoms with Gasteiger partial charge in [-0.2, -0.15) is 0 Å². The standard InChI is InChI=1S/C24H35N3O3/c1-3-5-7-8-9-10-14-28-23-13-12-19(15-25-23)24-26-16-20(17-27-24)29-18-22-21(30-22)11-6-4-2/h12-13,15-17,21-22H,3-11,14,18H2,1-2H3.